The molecule has 1 amide bonds. The van der Waals surface area contributed by atoms with Gasteiger partial charge in [-0.15, -0.1) is 0 Å². The highest BCUT2D eigenvalue weighted by Crippen LogP contribution is 2.27. The number of hydrogen-bond donors (Lipinski definition) is 2. The Balaban J connectivity index is 1.87. The first-order valence-corrected chi connectivity index (χ1v) is 10.4. The standard InChI is InChI=1S/C19H28N2O4S/c1-13(22)14-5-9-16(10-6-14)20-18(23)15-7-11-17(12-8-15)21-26(24,25)19(2,3)4/h5-6,9-10,15,17,21H,7-8,11-12H2,1-4H3,(H,20,23). The molecule has 6 nitrogen and oxygen atoms in total. The van der Waals surface area contributed by atoms with Crippen LogP contribution in [0, 0.1) is 5.92 Å². The van der Waals surface area contributed by atoms with E-state index in [1.54, 1.807) is 45.0 Å². The first kappa shape index (κ1) is 20.6. The number of nitrogens with one attached hydrogen (secondary N) is 2. The summed E-state index contributed by atoms with van der Waals surface area (Å²) >= 11 is 0. The van der Waals surface area contributed by atoms with E-state index in [1.807, 2.05) is 0 Å². The van der Waals surface area contributed by atoms with Crippen LogP contribution in [0.5, 0.6) is 0 Å². The topological polar surface area (TPSA) is 92.3 Å². The molecule has 1 aliphatic carbocycles. The maximum atomic E-state index is 12.4. The molecule has 0 bridgehead atoms. The Morgan fingerprint density at radius 1 is 1.00 bits per heavy atom. The van der Waals surface area contributed by atoms with Gasteiger partial charge in [0.1, 0.15) is 0 Å². The molecular weight excluding hydrogens is 352 g/mol. The van der Waals surface area contributed by atoms with Crippen LogP contribution in [-0.4, -0.2) is 30.9 Å². The highest BCUT2D eigenvalue weighted by atomic mass is 32.2. The molecule has 7 heteroatoms. The molecule has 1 fully saturated rings. The fraction of sp³-hybridized carbons (Fsp3) is 0.579. The summed E-state index contributed by atoms with van der Waals surface area (Å²) in [4.78, 5) is 23.7. The zero-order valence-electron chi connectivity index (χ0n) is 15.8. The minimum atomic E-state index is -3.37. The molecule has 0 atom stereocenters. The predicted octanol–water partition coefficient (Wildman–Crippen LogP) is 3.10. The molecule has 0 aliphatic heterocycles. The Morgan fingerprint density at radius 2 is 1.54 bits per heavy atom. The van der Waals surface area contributed by atoms with Crippen molar-refractivity contribution < 1.29 is 18.0 Å². The second-order valence-electron chi connectivity index (χ2n) is 7.90. The monoisotopic (exact) mass is 380 g/mol. The summed E-state index contributed by atoms with van der Waals surface area (Å²) in [7, 11) is -3.37. The lowest BCUT2D eigenvalue weighted by molar-refractivity contribution is -0.120. The molecule has 0 aromatic heterocycles. The lowest BCUT2D eigenvalue weighted by atomic mass is 9.86. The van der Waals surface area contributed by atoms with E-state index in [4.69, 9.17) is 0 Å². The van der Waals surface area contributed by atoms with Crippen LogP contribution in [0.4, 0.5) is 5.69 Å². The first-order valence-electron chi connectivity index (χ1n) is 8.93. The molecule has 1 aliphatic rings. The molecule has 0 radical (unpaired) electrons. The number of benzene rings is 1. The second kappa shape index (κ2) is 7.88. The van der Waals surface area contributed by atoms with Crippen molar-refractivity contribution in [2.75, 3.05) is 5.32 Å². The maximum Gasteiger partial charge on any atom is 0.227 e. The van der Waals surface area contributed by atoms with Crippen LogP contribution in [0.2, 0.25) is 0 Å². The van der Waals surface area contributed by atoms with Crippen molar-refractivity contribution in [2.45, 2.75) is 64.2 Å². The van der Waals surface area contributed by atoms with E-state index in [0.717, 1.165) is 0 Å². The molecule has 2 N–H and O–H groups in total. The van der Waals surface area contributed by atoms with Gasteiger partial charge >= 0.3 is 0 Å². The first-order chi connectivity index (χ1) is 12.0. The van der Waals surface area contributed by atoms with E-state index in [-0.39, 0.29) is 23.7 Å². The van der Waals surface area contributed by atoms with Gasteiger partial charge in [0.05, 0.1) is 4.75 Å². The van der Waals surface area contributed by atoms with E-state index >= 15 is 0 Å². The van der Waals surface area contributed by atoms with Gasteiger partial charge in [0.25, 0.3) is 0 Å². The van der Waals surface area contributed by atoms with Crippen molar-refractivity contribution in [2.24, 2.45) is 5.92 Å². The van der Waals surface area contributed by atoms with Gasteiger partial charge in [0.2, 0.25) is 15.9 Å². The van der Waals surface area contributed by atoms with Gasteiger partial charge in [-0.1, -0.05) is 0 Å². The van der Waals surface area contributed by atoms with Crippen LogP contribution in [0.1, 0.15) is 63.7 Å². The molecular formula is C19H28N2O4S. The van der Waals surface area contributed by atoms with Crippen LogP contribution in [0.15, 0.2) is 24.3 Å². The van der Waals surface area contributed by atoms with Gasteiger partial charge in [-0.05, 0) is 77.6 Å². The third kappa shape index (κ3) is 5.14. The quantitative estimate of drug-likeness (QED) is 0.768. The minimum absolute atomic E-state index is 0.0149. The Morgan fingerprint density at radius 3 is 2.00 bits per heavy atom. The van der Waals surface area contributed by atoms with Crippen molar-refractivity contribution >= 4 is 27.4 Å². The van der Waals surface area contributed by atoms with Crippen LogP contribution in [-0.2, 0) is 14.8 Å². The number of ketones is 1. The van der Waals surface area contributed by atoms with Gasteiger partial charge in [-0.2, -0.15) is 0 Å². The minimum Gasteiger partial charge on any atom is -0.326 e. The van der Waals surface area contributed by atoms with E-state index in [0.29, 0.717) is 36.9 Å². The van der Waals surface area contributed by atoms with Crippen molar-refractivity contribution in [3.05, 3.63) is 29.8 Å². The summed E-state index contributed by atoms with van der Waals surface area (Å²) in [5, 5.41) is 2.88. The third-order valence-electron chi connectivity index (χ3n) is 4.78. The number of carbonyl (C=O) groups is 2. The van der Waals surface area contributed by atoms with Crippen molar-refractivity contribution in [3.8, 4) is 0 Å². The van der Waals surface area contributed by atoms with E-state index < -0.39 is 14.8 Å². The third-order valence-corrected chi connectivity index (χ3v) is 7.04. The van der Waals surface area contributed by atoms with Crippen molar-refractivity contribution in [1.82, 2.24) is 4.72 Å². The normalized spacial score (nSPS) is 21.2. The number of Topliss-reactive ketones (excluding diaryl/α,β-unsaturated/α-hetero) is 1. The lowest BCUT2D eigenvalue weighted by Crippen LogP contribution is -2.46. The summed E-state index contributed by atoms with van der Waals surface area (Å²) in [6.07, 6.45) is 2.59. The molecule has 0 heterocycles. The number of carbonyl (C=O) groups excluding carboxylic acids is 2. The number of rotatable bonds is 5. The number of amides is 1. The summed E-state index contributed by atoms with van der Waals surface area (Å²) in [5.74, 6) is -0.200. The average molecular weight is 381 g/mol. The Kier molecular flexibility index (Phi) is 6.24. The Hall–Kier alpha value is -1.73. The molecule has 0 saturated heterocycles. The molecule has 1 aromatic carbocycles. The van der Waals surface area contributed by atoms with Crippen LogP contribution < -0.4 is 10.0 Å². The SMILES string of the molecule is CC(=O)c1ccc(NC(=O)C2CCC(NS(=O)(=O)C(C)(C)C)CC2)cc1. The Bertz CT molecular complexity index is 756. The zero-order chi connectivity index (χ0) is 19.5. The zero-order valence-corrected chi connectivity index (χ0v) is 16.7. The smallest absolute Gasteiger partial charge is 0.227 e. The van der Waals surface area contributed by atoms with Gasteiger partial charge < -0.3 is 5.32 Å². The highest BCUT2D eigenvalue weighted by molar-refractivity contribution is 7.90. The maximum absolute atomic E-state index is 12.4. The van der Waals surface area contributed by atoms with Crippen molar-refractivity contribution in [1.29, 1.82) is 0 Å². The summed E-state index contributed by atoms with van der Waals surface area (Å²) in [6, 6.07) is 6.71. The van der Waals surface area contributed by atoms with E-state index in [1.165, 1.54) is 6.92 Å². The summed E-state index contributed by atoms with van der Waals surface area (Å²) < 4.78 is 26.4. The van der Waals surface area contributed by atoms with Gasteiger partial charge in [0, 0.05) is 23.2 Å². The van der Waals surface area contributed by atoms with Crippen LogP contribution >= 0.6 is 0 Å². The number of hydrogen-bond acceptors (Lipinski definition) is 4. The fourth-order valence-electron chi connectivity index (χ4n) is 2.90. The average Bonchev–Trinajstić information content (AvgIpc) is 2.54. The number of anilines is 1. The molecule has 26 heavy (non-hydrogen) atoms. The second-order valence-corrected chi connectivity index (χ2v) is 10.4. The van der Waals surface area contributed by atoms with Crippen LogP contribution in [0.3, 0.4) is 0 Å². The van der Waals surface area contributed by atoms with Crippen molar-refractivity contribution in [3.63, 3.8) is 0 Å². The fourth-order valence-corrected chi connectivity index (χ4v) is 3.93. The highest BCUT2D eigenvalue weighted by Gasteiger charge is 2.34. The van der Waals surface area contributed by atoms with Gasteiger partial charge in [-0.25, -0.2) is 13.1 Å². The predicted molar refractivity (Wildman–Crippen MR) is 103 cm³/mol. The Labute approximate surface area is 155 Å². The molecule has 0 spiro atoms. The van der Waals surface area contributed by atoms with E-state index in [9.17, 15) is 18.0 Å². The number of sulfonamides is 1. The molecule has 1 saturated carbocycles. The van der Waals surface area contributed by atoms with Gasteiger partial charge in [0.15, 0.2) is 5.78 Å². The lowest BCUT2D eigenvalue weighted by Gasteiger charge is -2.30. The molecule has 0 unspecified atom stereocenters. The summed E-state index contributed by atoms with van der Waals surface area (Å²) in [6.45, 7) is 6.52. The largest absolute Gasteiger partial charge is 0.326 e. The molecule has 144 valence electrons. The molecule has 2 rings (SSSR count). The molecule has 1 aromatic rings. The van der Waals surface area contributed by atoms with Gasteiger partial charge in [-0.3, -0.25) is 9.59 Å². The van der Waals surface area contributed by atoms with Crippen LogP contribution in [0.25, 0.3) is 0 Å². The summed E-state index contributed by atoms with van der Waals surface area (Å²) in [5.41, 5.74) is 1.27. The van der Waals surface area contributed by atoms with E-state index in [2.05, 4.69) is 10.0 Å².